The van der Waals surface area contributed by atoms with Crippen molar-refractivity contribution in [2.45, 2.75) is 26.8 Å². The molecule has 2 heterocycles. The van der Waals surface area contributed by atoms with Crippen LogP contribution in [0.3, 0.4) is 0 Å². The van der Waals surface area contributed by atoms with Crippen molar-refractivity contribution in [3.05, 3.63) is 47.2 Å². The molecule has 0 saturated heterocycles. The molecule has 4 nitrogen and oxygen atoms in total. The van der Waals surface area contributed by atoms with E-state index in [0.717, 1.165) is 22.8 Å². The van der Waals surface area contributed by atoms with Crippen molar-refractivity contribution < 1.29 is 4.42 Å². The van der Waals surface area contributed by atoms with Gasteiger partial charge in [0.1, 0.15) is 16.5 Å². The minimum atomic E-state index is 0.148. The topological polar surface area (TPSA) is 64.1 Å². The molecule has 0 bridgehead atoms. The lowest BCUT2D eigenvalue weighted by Gasteiger charge is -2.14. The van der Waals surface area contributed by atoms with E-state index in [1.54, 1.807) is 6.20 Å². The van der Waals surface area contributed by atoms with Crippen LogP contribution in [0.1, 0.15) is 35.7 Å². The average molecular weight is 275 g/mol. The van der Waals surface area contributed by atoms with Crippen molar-refractivity contribution in [1.29, 1.82) is 0 Å². The number of hydrogen-bond acceptors (Lipinski definition) is 4. The van der Waals surface area contributed by atoms with Crippen molar-refractivity contribution >= 4 is 22.9 Å². The van der Waals surface area contributed by atoms with Crippen molar-refractivity contribution in [3.63, 3.8) is 0 Å². The summed E-state index contributed by atoms with van der Waals surface area (Å²) in [7, 11) is 0. The second-order valence-electron chi connectivity index (χ2n) is 4.53. The zero-order valence-electron chi connectivity index (χ0n) is 11.2. The predicted octanol–water partition coefficient (Wildman–Crippen LogP) is 3.10. The van der Waals surface area contributed by atoms with Crippen LogP contribution in [0.25, 0.3) is 0 Å². The normalized spacial score (nSPS) is 12.2. The molecule has 1 atom stereocenters. The van der Waals surface area contributed by atoms with Crippen LogP contribution in [-0.4, -0.2) is 9.97 Å². The summed E-state index contributed by atoms with van der Waals surface area (Å²) in [5, 5.41) is 3.37. The van der Waals surface area contributed by atoms with Crippen LogP contribution < -0.4 is 11.1 Å². The summed E-state index contributed by atoms with van der Waals surface area (Å²) >= 11 is 4.87. The largest absolute Gasteiger partial charge is 0.466 e. The first-order valence-electron chi connectivity index (χ1n) is 6.06. The van der Waals surface area contributed by atoms with Gasteiger partial charge in [-0.1, -0.05) is 12.2 Å². The molecule has 0 radical (unpaired) electrons. The standard InChI is InChI=1S/C14H17N3OS/c1-8-6-12(10(3)18-8)9(2)17-11-4-5-13(14(15)19)16-7-11/h4-7,9,17H,1-3H3,(H2,15,19). The number of nitrogens with zero attached hydrogens (tertiary/aromatic N) is 1. The summed E-state index contributed by atoms with van der Waals surface area (Å²) in [5.41, 5.74) is 8.21. The molecule has 2 aromatic heterocycles. The van der Waals surface area contributed by atoms with Crippen molar-refractivity contribution in [2.75, 3.05) is 5.32 Å². The minimum Gasteiger partial charge on any atom is -0.466 e. The number of furan rings is 1. The quantitative estimate of drug-likeness (QED) is 0.839. The van der Waals surface area contributed by atoms with Crippen molar-refractivity contribution in [3.8, 4) is 0 Å². The van der Waals surface area contributed by atoms with Crippen molar-refractivity contribution in [2.24, 2.45) is 5.73 Å². The Bertz CT molecular complexity index is 589. The molecule has 0 saturated carbocycles. The third kappa shape index (κ3) is 3.12. The third-order valence-electron chi connectivity index (χ3n) is 2.94. The fraction of sp³-hybridized carbons (Fsp3) is 0.286. The molecule has 0 aliphatic carbocycles. The molecule has 5 heteroatoms. The number of nitrogens with one attached hydrogen (secondary N) is 1. The first-order valence-corrected chi connectivity index (χ1v) is 6.47. The maximum absolute atomic E-state index is 5.53. The van der Waals surface area contributed by atoms with Gasteiger partial charge in [-0.3, -0.25) is 4.98 Å². The molecule has 0 amide bonds. The van der Waals surface area contributed by atoms with Crippen LogP contribution in [0.4, 0.5) is 5.69 Å². The van der Waals surface area contributed by atoms with Gasteiger partial charge in [0, 0.05) is 5.56 Å². The molecule has 100 valence electrons. The van der Waals surface area contributed by atoms with Gasteiger partial charge in [0.2, 0.25) is 0 Å². The minimum absolute atomic E-state index is 0.148. The Labute approximate surface area is 118 Å². The summed E-state index contributed by atoms with van der Waals surface area (Å²) < 4.78 is 5.53. The molecule has 0 aliphatic heterocycles. The SMILES string of the molecule is Cc1cc(C(C)Nc2ccc(C(N)=S)nc2)c(C)o1. The Hall–Kier alpha value is -1.88. The van der Waals surface area contributed by atoms with Gasteiger partial charge in [-0.25, -0.2) is 0 Å². The van der Waals surface area contributed by atoms with E-state index >= 15 is 0 Å². The molecule has 1 unspecified atom stereocenters. The Kier molecular flexibility index (Phi) is 3.85. The summed E-state index contributed by atoms with van der Waals surface area (Å²) in [5.74, 6) is 1.85. The molecule has 19 heavy (non-hydrogen) atoms. The number of pyridine rings is 1. The summed E-state index contributed by atoms with van der Waals surface area (Å²) in [6.07, 6.45) is 1.73. The fourth-order valence-electron chi connectivity index (χ4n) is 2.03. The van der Waals surface area contributed by atoms with Gasteiger partial charge in [0.25, 0.3) is 0 Å². The number of aryl methyl sites for hydroxylation is 2. The average Bonchev–Trinajstić information content (AvgIpc) is 2.69. The summed E-state index contributed by atoms with van der Waals surface area (Å²) in [4.78, 5) is 4.51. The van der Waals surface area contributed by atoms with Crippen LogP contribution in [0, 0.1) is 13.8 Å². The monoisotopic (exact) mass is 275 g/mol. The van der Waals surface area contributed by atoms with Crippen LogP contribution in [0.15, 0.2) is 28.8 Å². The van der Waals surface area contributed by atoms with E-state index < -0.39 is 0 Å². The number of rotatable bonds is 4. The van der Waals surface area contributed by atoms with Gasteiger partial charge >= 0.3 is 0 Å². The van der Waals surface area contributed by atoms with Crippen LogP contribution in [0.2, 0.25) is 0 Å². The highest BCUT2D eigenvalue weighted by atomic mass is 32.1. The Balaban J connectivity index is 2.12. The first kappa shape index (κ1) is 13.5. The highest BCUT2D eigenvalue weighted by Crippen LogP contribution is 2.24. The van der Waals surface area contributed by atoms with E-state index in [1.165, 1.54) is 0 Å². The Morgan fingerprint density at radius 3 is 2.63 bits per heavy atom. The highest BCUT2D eigenvalue weighted by molar-refractivity contribution is 7.80. The van der Waals surface area contributed by atoms with Gasteiger partial charge in [0.15, 0.2) is 0 Å². The van der Waals surface area contributed by atoms with Crippen molar-refractivity contribution in [1.82, 2.24) is 4.98 Å². The number of aromatic nitrogens is 1. The second-order valence-corrected chi connectivity index (χ2v) is 4.97. The molecule has 3 N–H and O–H groups in total. The third-order valence-corrected chi connectivity index (χ3v) is 3.15. The number of anilines is 1. The van der Waals surface area contributed by atoms with Gasteiger partial charge in [-0.15, -0.1) is 0 Å². The lowest BCUT2D eigenvalue weighted by atomic mass is 10.1. The second kappa shape index (κ2) is 5.40. The molecule has 0 aliphatic rings. The smallest absolute Gasteiger partial charge is 0.122 e. The van der Waals surface area contributed by atoms with Gasteiger partial charge < -0.3 is 15.5 Å². The van der Waals surface area contributed by atoms with E-state index in [4.69, 9.17) is 22.4 Å². The maximum Gasteiger partial charge on any atom is 0.122 e. The zero-order valence-corrected chi connectivity index (χ0v) is 12.0. The van der Waals surface area contributed by atoms with Crippen LogP contribution in [0.5, 0.6) is 0 Å². The lowest BCUT2D eigenvalue weighted by molar-refractivity contribution is 0.500. The lowest BCUT2D eigenvalue weighted by Crippen LogP contribution is -2.12. The summed E-state index contributed by atoms with van der Waals surface area (Å²) in [6, 6.07) is 5.92. The summed E-state index contributed by atoms with van der Waals surface area (Å²) in [6.45, 7) is 6.00. The van der Waals surface area contributed by atoms with Gasteiger partial charge in [-0.05, 0) is 39.0 Å². The molecule has 0 spiro atoms. The first-order chi connectivity index (χ1) is 8.97. The van der Waals surface area contributed by atoms with Gasteiger partial charge in [-0.2, -0.15) is 0 Å². The fourth-order valence-corrected chi connectivity index (χ4v) is 2.15. The number of hydrogen-bond donors (Lipinski definition) is 2. The molecule has 0 aromatic carbocycles. The highest BCUT2D eigenvalue weighted by Gasteiger charge is 2.12. The van der Waals surface area contributed by atoms with E-state index in [1.807, 2.05) is 32.0 Å². The van der Waals surface area contributed by atoms with Gasteiger partial charge in [0.05, 0.1) is 23.6 Å². The zero-order chi connectivity index (χ0) is 14.0. The van der Waals surface area contributed by atoms with Crippen LogP contribution in [-0.2, 0) is 0 Å². The van der Waals surface area contributed by atoms with E-state index in [2.05, 4.69) is 17.2 Å². The maximum atomic E-state index is 5.53. The van der Waals surface area contributed by atoms with E-state index in [9.17, 15) is 0 Å². The molecular weight excluding hydrogens is 258 g/mol. The Morgan fingerprint density at radius 1 is 1.42 bits per heavy atom. The number of nitrogens with two attached hydrogens (primary N) is 1. The van der Waals surface area contributed by atoms with Crippen LogP contribution >= 0.6 is 12.2 Å². The molecule has 2 rings (SSSR count). The predicted molar refractivity (Wildman–Crippen MR) is 80.3 cm³/mol. The Morgan fingerprint density at radius 2 is 2.16 bits per heavy atom. The van der Waals surface area contributed by atoms with E-state index in [0.29, 0.717) is 10.7 Å². The molecular formula is C14H17N3OS. The molecule has 2 aromatic rings. The molecule has 0 fully saturated rings. The number of thiocarbonyl (C=S) groups is 1. The van der Waals surface area contributed by atoms with E-state index in [-0.39, 0.29) is 6.04 Å².